The molecule has 0 saturated carbocycles. The Morgan fingerprint density at radius 3 is 2.70 bits per heavy atom. The summed E-state index contributed by atoms with van der Waals surface area (Å²) < 4.78 is 9.53. The van der Waals surface area contributed by atoms with Gasteiger partial charge in [-0.05, 0) is 6.92 Å². The Labute approximate surface area is 190 Å². The van der Waals surface area contributed by atoms with Gasteiger partial charge in [-0.15, -0.1) is 0 Å². The molecule has 3 heterocycles. The zero-order valence-electron chi connectivity index (χ0n) is 19.1. The van der Waals surface area contributed by atoms with Crippen LogP contribution in [0.25, 0.3) is 5.57 Å². The Kier molecular flexibility index (Phi) is 5.92. The number of aryl methyl sites for hydroxylation is 3. The van der Waals surface area contributed by atoms with Crippen LogP contribution in [0.5, 0.6) is 0 Å². The number of rotatable bonds is 7. The third kappa shape index (κ3) is 4.07. The molecule has 0 aliphatic heterocycles. The van der Waals surface area contributed by atoms with Crippen LogP contribution in [0.15, 0.2) is 43.1 Å². The minimum absolute atomic E-state index is 0.305. The molecule has 12 heteroatoms. The fraction of sp³-hybridized carbons (Fsp3) is 0.333. The summed E-state index contributed by atoms with van der Waals surface area (Å²) in [6.07, 6.45) is 10.1. The van der Waals surface area contributed by atoms with Crippen molar-refractivity contribution in [1.29, 1.82) is 0 Å². The van der Waals surface area contributed by atoms with Crippen LogP contribution in [-0.4, -0.2) is 66.3 Å². The molecule has 2 unspecified atom stereocenters. The van der Waals surface area contributed by atoms with Crippen molar-refractivity contribution in [2.24, 2.45) is 14.1 Å². The van der Waals surface area contributed by atoms with Crippen molar-refractivity contribution in [3.05, 3.63) is 60.2 Å². The largest absolute Gasteiger partial charge is 0.358 e. The monoisotopic (exact) mass is 450 g/mol. The maximum Gasteiger partial charge on any atom is 0.256 e. The molecule has 0 bridgehead atoms. The number of hydrogen-bond acceptors (Lipinski definition) is 9. The van der Waals surface area contributed by atoms with E-state index in [1.54, 1.807) is 36.9 Å². The molecule has 0 aromatic carbocycles. The van der Waals surface area contributed by atoms with E-state index in [1.807, 2.05) is 38.3 Å². The lowest BCUT2D eigenvalue weighted by molar-refractivity contribution is 0.0582. The van der Waals surface area contributed by atoms with Gasteiger partial charge < -0.3 is 20.7 Å². The lowest BCUT2D eigenvalue weighted by Gasteiger charge is -2.42. The standard InChI is InChI=1S/C21H26N10O2/c1-13-9-17(28-31(13)4)27-21(33-5)15(19-25-12-30(3)29-19)7-6-8-16(21)26-18-14(20(32)22-2)10-23-11-24-18/h6-12,16H,1-5H3,(H,22,32)(H,27,28)(H,23,24,26). The molecule has 3 aromatic rings. The van der Waals surface area contributed by atoms with Crippen molar-refractivity contribution in [3.63, 3.8) is 0 Å². The molecular formula is C21H26N10O2. The first-order valence-corrected chi connectivity index (χ1v) is 10.3. The molecule has 33 heavy (non-hydrogen) atoms. The third-order valence-corrected chi connectivity index (χ3v) is 5.47. The van der Waals surface area contributed by atoms with Gasteiger partial charge in [0.2, 0.25) is 0 Å². The SMILES string of the molecule is CNC(=O)c1cncnc1NC1C=CC=C(c2ncn(C)n2)C1(Nc1cc(C)n(C)n1)OC. The molecule has 0 saturated heterocycles. The number of carbonyl (C=O) groups is 1. The van der Waals surface area contributed by atoms with Crippen LogP contribution < -0.4 is 16.0 Å². The molecule has 0 fully saturated rings. The summed E-state index contributed by atoms with van der Waals surface area (Å²) in [6, 6.07) is 1.40. The summed E-state index contributed by atoms with van der Waals surface area (Å²) in [7, 11) is 6.81. The second-order valence-electron chi connectivity index (χ2n) is 7.55. The first-order valence-electron chi connectivity index (χ1n) is 10.3. The number of amides is 1. The van der Waals surface area contributed by atoms with E-state index < -0.39 is 11.8 Å². The van der Waals surface area contributed by atoms with Gasteiger partial charge in [-0.2, -0.15) is 10.2 Å². The third-order valence-electron chi connectivity index (χ3n) is 5.47. The van der Waals surface area contributed by atoms with Gasteiger partial charge in [0.25, 0.3) is 5.91 Å². The quantitative estimate of drug-likeness (QED) is 0.448. The Morgan fingerprint density at radius 2 is 2.06 bits per heavy atom. The molecule has 0 spiro atoms. The second kappa shape index (κ2) is 8.82. The average Bonchev–Trinajstić information content (AvgIpc) is 3.38. The van der Waals surface area contributed by atoms with Gasteiger partial charge in [0.1, 0.15) is 18.5 Å². The van der Waals surface area contributed by atoms with Gasteiger partial charge in [0, 0.05) is 46.2 Å². The van der Waals surface area contributed by atoms with Gasteiger partial charge in [-0.3, -0.25) is 14.2 Å². The molecule has 0 radical (unpaired) electrons. The molecule has 12 nitrogen and oxygen atoms in total. The van der Waals surface area contributed by atoms with Gasteiger partial charge in [0.05, 0.1) is 17.2 Å². The van der Waals surface area contributed by atoms with E-state index in [9.17, 15) is 4.79 Å². The van der Waals surface area contributed by atoms with Crippen molar-refractivity contribution in [2.45, 2.75) is 18.7 Å². The van der Waals surface area contributed by atoms with Gasteiger partial charge in [-0.1, -0.05) is 18.2 Å². The van der Waals surface area contributed by atoms with E-state index in [0.29, 0.717) is 28.6 Å². The number of hydrogen-bond donors (Lipinski definition) is 3. The first-order chi connectivity index (χ1) is 15.9. The Bertz CT molecular complexity index is 1210. The summed E-state index contributed by atoms with van der Waals surface area (Å²) in [4.78, 5) is 25.1. The van der Waals surface area contributed by atoms with Crippen LogP contribution in [-0.2, 0) is 18.8 Å². The minimum atomic E-state index is -1.18. The van der Waals surface area contributed by atoms with E-state index in [4.69, 9.17) is 4.74 Å². The lowest BCUT2D eigenvalue weighted by atomic mass is 9.88. The summed E-state index contributed by atoms with van der Waals surface area (Å²) in [5.74, 6) is 1.14. The van der Waals surface area contributed by atoms with Crippen molar-refractivity contribution in [1.82, 2.24) is 39.8 Å². The maximum absolute atomic E-state index is 12.4. The predicted molar refractivity (Wildman–Crippen MR) is 122 cm³/mol. The summed E-state index contributed by atoms with van der Waals surface area (Å²) in [5, 5.41) is 18.4. The van der Waals surface area contributed by atoms with Crippen LogP contribution in [0, 0.1) is 6.92 Å². The fourth-order valence-electron chi connectivity index (χ4n) is 3.68. The van der Waals surface area contributed by atoms with Crippen molar-refractivity contribution in [2.75, 3.05) is 24.8 Å². The van der Waals surface area contributed by atoms with Gasteiger partial charge in [-0.25, -0.2) is 15.0 Å². The van der Waals surface area contributed by atoms with E-state index in [1.165, 1.54) is 12.5 Å². The normalized spacial score (nSPS) is 19.8. The smallest absolute Gasteiger partial charge is 0.256 e. The summed E-state index contributed by atoms with van der Waals surface area (Å²) in [5.41, 5.74) is 0.782. The number of nitrogens with zero attached hydrogens (tertiary/aromatic N) is 7. The zero-order valence-corrected chi connectivity index (χ0v) is 19.1. The van der Waals surface area contributed by atoms with Crippen LogP contribution in [0.4, 0.5) is 11.6 Å². The molecule has 3 aromatic heterocycles. The van der Waals surface area contributed by atoms with Crippen LogP contribution >= 0.6 is 0 Å². The molecule has 1 amide bonds. The van der Waals surface area contributed by atoms with Gasteiger partial charge in [0.15, 0.2) is 17.4 Å². The van der Waals surface area contributed by atoms with E-state index in [0.717, 1.165) is 5.69 Å². The molecule has 2 atom stereocenters. The second-order valence-corrected chi connectivity index (χ2v) is 7.55. The van der Waals surface area contributed by atoms with Crippen molar-refractivity contribution < 1.29 is 9.53 Å². The van der Waals surface area contributed by atoms with Gasteiger partial charge >= 0.3 is 0 Å². The number of nitrogens with one attached hydrogen (secondary N) is 3. The lowest BCUT2D eigenvalue weighted by Crippen LogP contribution is -2.56. The maximum atomic E-state index is 12.4. The fourth-order valence-corrected chi connectivity index (χ4v) is 3.68. The number of aromatic nitrogens is 7. The van der Waals surface area contributed by atoms with Crippen LogP contribution in [0.3, 0.4) is 0 Å². The molecule has 4 rings (SSSR count). The molecule has 172 valence electrons. The minimum Gasteiger partial charge on any atom is -0.358 e. The van der Waals surface area contributed by atoms with Crippen LogP contribution in [0.1, 0.15) is 21.9 Å². The highest BCUT2D eigenvalue weighted by atomic mass is 16.5. The van der Waals surface area contributed by atoms with E-state index in [-0.39, 0.29) is 5.91 Å². The number of anilines is 2. The highest BCUT2D eigenvalue weighted by Crippen LogP contribution is 2.37. The molecule has 3 N–H and O–H groups in total. The number of methoxy groups -OCH3 is 1. The number of ether oxygens (including phenoxy) is 1. The predicted octanol–water partition coefficient (Wildman–Crippen LogP) is 0.895. The highest BCUT2D eigenvalue weighted by molar-refractivity contribution is 5.98. The molecular weight excluding hydrogens is 424 g/mol. The topological polar surface area (TPSA) is 137 Å². The summed E-state index contributed by atoms with van der Waals surface area (Å²) >= 11 is 0. The average molecular weight is 451 g/mol. The molecule has 1 aliphatic rings. The number of carbonyl (C=O) groups excluding carboxylic acids is 1. The Balaban J connectivity index is 1.80. The highest BCUT2D eigenvalue weighted by Gasteiger charge is 2.46. The zero-order chi connectivity index (χ0) is 23.6. The Morgan fingerprint density at radius 1 is 1.24 bits per heavy atom. The molecule has 1 aliphatic carbocycles. The van der Waals surface area contributed by atoms with E-state index >= 15 is 0 Å². The van der Waals surface area contributed by atoms with Crippen LogP contribution in [0.2, 0.25) is 0 Å². The number of allylic oxidation sites excluding steroid dienone is 2. The summed E-state index contributed by atoms with van der Waals surface area (Å²) in [6.45, 7) is 1.96. The Hall–Kier alpha value is -4.06. The first kappa shape index (κ1) is 22.1. The van der Waals surface area contributed by atoms with Crippen molar-refractivity contribution in [3.8, 4) is 0 Å². The van der Waals surface area contributed by atoms with E-state index in [2.05, 4.69) is 41.1 Å². The van der Waals surface area contributed by atoms with Crippen molar-refractivity contribution >= 4 is 23.1 Å².